The number of rotatable bonds is 3. The summed E-state index contributed by atoms with van der Waals surface area (Å²) in [4.78, 5) is 13.5. The van der Waals surface area contributed by atoms with Gasteiger partial charge in [0, 0.05) is 16.3 Å². The highest BCUT2D eigenvalue weighted by Gasteiger charge is 2.13. The number of thiophene rings is 1. The second-order valence-corrected chi connectivity index (χ2v) is 7.15. The van der Waals surface area contributed by atoms with Gasteiger partial charge in [0.1, 0.15) is 11.6 Å². The second kappa shape index (κ2) is 5.65. The maximum Gasteiger partial charge on any atom is 0.213 e. The molecule has 0 radical (unpaired) electrons. The molecule has 108 valence electrons. The van der Waals surface area contributed by atoms with E-state index in [1.54, 1.807) is 18.3 Å². The van der Waals surface area contributed by atoms with Gasteiger partial charge in [0.05, 0.1) is 21.5 Å². The molecule has 4 nitrogen and oxygen atoms in total. The zero-order chi connectivity index (χ0) is 15.0. The Kier molecular flexibility index (Phi) is 3.86. The van der Waals surface area contributed by atoms with E-state index in [-0.39, 0.29) is 6.04 Å². The predicted molar refractivity (Wildman–Crippen MR) is 86.1 cm³/mol. The van der Waals surface area contributed by atoms with Crippen LogP contribution in [0.3, 0.4) is 0 Å². The van der Waals surface area contributed by atoms with Crippen molar-refractivity contribution in [3.05, 3.63) is 44.8 Å². The highest BCUT2D eigenvalue weighted by Crippen LogP contribution is 2.30. The van der Waals surface area contributed by atoms with Gasteiger partial charge < -0.3 is 5.32 Å². The van der Waals surface area contributed by atoms with Crippen LogP contribution in [0.5, 0.6) is 0 Å². The van der Waals surface area contributed by atoms with Crippen molar-refractivity contribution < 1.29 is 4.39 Å². The first-order valence-corrected chi connectivity index (χ1v) is 7.95. The quantitative estimate of drug-likeness (QED) is 0.694. The van der Waals surface area contributed by atoms with Crippen LogP contribution in [0.15, 0.2) is 28.2 Å². The van der Waals surface area contributed by atoms with Crippen LogP contribution in [-0.4, -0.2) is 15.0 Å². The van der Waals surface area contributed by atoms with E-state index >= 15 is 0 Å². The average molecular weight is 367 g/mol. The van der Waals surface area contributed by atoms with E-state index in [0.717, 1.165) is 3.79 Å². The number of nitrogens with one attached hydrogen (secondary N) is 1. The third-order valence-electron chi connectivity index (χ3n) is 3.03. The molecular formula is C14H12BrFN4S. The molecule has 0 amide bonds. The third-order valence-corrected chi connectivity index (χ3v) is 4.84. The zero-order valence-electron chi connectivity index (χ0n) is 11.4. The van der Waals surface area contributed by atoms with E-state index in [4.69, 9.17) is 0 Å². The molecule has 3 rings (SSSR count). The minimum absolute atomic E-state index is 0.0648. The van der Waals surface area contributed by atoms with E-state index in [2.05, 4.69) is 36.2 Å². The molecule has 0 aliphatic rings. The van der Waals surface area contributed by atoms with Gasteiger partial charge in [-0.3, -0.25) is 0 Å². The van der Waals surface area contributed by atoms with Crippen molar-refractivity contribution in [2.45, 2.75) is 19.9 Å². The van der Waals surface area contributed by atoms with Crippen LogP contribution in [0.4, 0.5) is 10.2 Å². The zero-order valence-corrected chi connectivity index (χ0v) is 13.8. The lowest BCUT2D eigenvalue weighted by Gasteiger charge is -2.15. The summed E-state index contributed by atoms with van der Waals surface area (Å²) < 4.78 is 14.5. The summed E-state index contributed by atoms with van der Waals surface area (Å²) in [5, 5.41) is 3.96. The maximum atomic E-state index is 13.4. The first-order chi connectivity index (χ1) is 10.0. The molecule has 3 aromatic rings. The molecule has 3 heterocycles. The number of pyridine rings is 1. The predicted octanol–water partition coefficient (Wildman–Crippen LogP) is 4.47. The topological polar surface area (TPSA) is 50.7 Å². The molecule has 0 saturated heterocycles. The van der Waals surface area contributed by atoms with Crippen LogP contribution in [-0.2, 0) is 0 Å². The van der Waals surface area contributed by atoms with Gasteiger partial charge in [-0.05, 0) is 41.9 Å². The Morgan fingerprint density at radius 3 is 2.86 bits per heavy atom. The van der Waals surface area contributed by atoms with Crippen LogP contribution in [0.1, 0.15) is 23.7 Å². The summed E-state index contributed by atoms with van der Waals surface area (Å²) in [6, 6.07) is 5.47. The molecule has 0 aliphatic carbocycles. The summed E-state index contributed by atoms with van der Waals surface area (Å²) >= 11 is 5.11. The number of nitrogens with zero attached hydrogens (tertiary/aromatic N) is 3. The van der Waals surface area contributed by atoms with E-state index in [9.17, 15) is 4.39 Å². The summed E-state index contributed by atoms with van der Waals surface area (Å²) in [6.45, 7) is 3.85. The number of aryl methyl sites for hydroxylation is 1. The highest BCUT2D eigenvalue weighted by molar-refractivity contribution is 9.11. The number of fused-ring (bicyclic) bond motifs is 1. The van der Waals surface area contributed by atoms with Gasteiger partial charge in [0.2, 0.25) is 5.95 Å². The van der Waals surface area contributed by atoms with Crippen LogP contribution in [0.25, 0.3) is 10.9 Å². The van der Waals surface area contributed by atoms with Crippen LogP contribution in [0, 0.1) is 12.9 Å². The monoisotopic (exact) mass is 366 g/mol. The highest BCUT2D eigenvalue weighted by atomic mass is 79.9. The van der Waals surface area contributed by atoms with Crippen LogP contribution >= 0.6 is 27.3 Å². The van der Waals surface area contributed by atoms with Gasteiger partial charge in [0.15, 0.2) is 0 Å². The lowest BCUT2D eigenvalue weighted by Crippen LogP contribution is -2.08. The minimum atomic E-state index is -0.537. The molecule has 21 heavy (non-hydrogen) atoms. The Labute approximate surface area is 133 Å². The Balaban J connectivity index is 2.01. The van der Waals surface area contributed by atoms with Gasteiger partial charge in [-0.15, -0.1) is 11.3 Å². The number of hydrogen-bond acceptors (Lipinski definition) is 5. The summed E-state index contributed by atoms with van der Waals surface area (Å²) in [5.41, 5.74) is 0.631. The van der Waals surface area contributed by atoms with Crippen molar-refractivity contribution in [1.82, 2.24) is 15.0 Å². The Morgan fingerprint density at radius 2 is 2.14 bits per heavy atom. The van der Waals surface area contributed by atoms with Crippen molar-refractivity contribution in [3.63, 3.8) is 0 Å². The molecule has 1 unspecified atom stereocenters. The Morgan fingerprint density at radius 1 is 1.33 bits per heavy atom. The van der Waals surface area contributed by atoms with E-state index in [0.29, 0.717) is 22.5 Å². The van der Waals surface area contributed by atoms with Crippen molar-refractivity contribution in [2.24, 2.45) is 0 Å². The molecule has 1 N–H and O–H groups in total. The minimum Gasteiger partial charge on any atom is -0.362 e. The van der Waals surface area contributed by atoms with Gasteiger partial charge in [-0.1, -0.05) is 0 Å². The largest absolute Gasteiger partial charge is 0.362 e. The molecule has 0 aliphatic heterocycles. The molecule has 0 saturated carbocycles. The van der Waals surface area contributed by atoms with Gasteiger partial charge >= 0.3 is 0 Å². The maximum absolute atomic E-state index is 13.4. The van der Waals surface area contributed by atoms with E-state index in [1.165, 1.54) is 17.1 Å². The molecular weight excluding hydrogens is 355 g/mol. The summed E-state index contributed by atoms with van der Waals surface area (Å²) in [5.74, 6) is 0.707. The molecule has 0 fully saturated rings. The number of halogens is 2. The fraction of sp³-hybridized carbons (Fsp3) is 0.214. The van der Waals surface area contributed by atoms with Crippen molar-refractivity contribution in [1.29, 1.82) is 0 Å². The Bertz CT molecular complexity index is 805. The standard InChI is InChI=1S/C14H12BrFN4S/c1-7(11-3-4-12(15)21-11)18-14-9-5-13(16)17-6-10(9)19-8(2)20-14/h3-7H,1-2H3,(H,18,19,20). The van der Waals surface area contributed by atoms with E-state index < -0.39 is 5.95 Å². The van der Waals surface area contributed by atoms with Gasteiger partial charge in [-0.2, -0.15) is 4.39 Å². The number of aromatic nitrogens is 3. The van der Waals surface area contributed by atoms with Crippen molar-refractivity contribution in [2.75, 3.05) is 5.32 Å². The normalized spacial score (nSPS) is 12.6. The molecule has 0 aromatic carbocycles. The molecule has 0 spiro atoms. The molecule has 0 bridgehead atoms. The van der Waals surface area contributed by atoms with Crippen molar-refractivity contribution >= 4 is 44.0 Å². The van der Waals surface area contributed by atoms with Gasteiger partial charge in [0.25, 0.3) is 0 Å². The summed E-state index contributed by atoms with van der Waals surface area (Å²) in [7, 11) is 0. The van der Waals surface area contributed by atoms with Crippen molar-refractivity contribution in [3.8, 4) is 0 Å². The smallest absolute Gasteiger partial charge is 0.213 e. The lowest BCUT2D eigenvalue weighted by molar-refractivity contribution is 0.586. The SMILES string of the molecule is Cc1nc(NC(C)c2ccc(Br)s2)c2cc(F)ncc2n1. The number of hydrogen-bond donors (Lipinski definition) is 1. The summed E-state index contributed by atoms with van der Waals surface area (Å²) in [6.07, 6.45) is 1.43. The number of anilines is 1. The molecule has 3 aromatic heterocycles. The fourth-order valence-corrected chi connectivity index (χ4v) is 3.50. The van der Waals surface area contributed by atoms with Gasteiger partial charge in [-0.25, -0.2) is 15.0 Å². The Hall–Kier alpha value is -1.60. The molecule has 1 atom stereocenters. The fourth-order valence-electron chi connectivity index (χ4n) is 2.07. The first-order valence-electron chi connectivity index (χ1n) is 6.34. The van der Waals surface area contributed by atoms with Crippen LogP contribution < -0.4 is 5.32 Å². The first kappa shape index (κ1) is 14.3. The average Bonchev–Trinajstić information content (AvgIpc) is 2.86. The van der Waals surface area contributed by atoms with Crippen LogP contribution in [0.2, 0.25) is 0 Å². The lowest BCUT2D eigenvalue weighted by atomic mass is 10.2. The second-order valence-electron chi connectivity index (χ2n) is 4.65. The third kappa shape index (κ3) is 3.03. The molecule has 7 heteroatoms. The van der Waals surface area contributed by atoms with E-state index in [1.807, 2.05) is 19.1 Å².